The zero-order chi connectivity index (χ0) is 18.1. The molecule has 1 rings (SSSR count). The number of nitrogens with zero attached hydrogens (tertiary/aromatic N) is 2. The maximum absolute atomic E-state index is 13.6. The van der Waals surface area contributed by atoms with Crippen molar-refractivity contribution >= 4 is 12.3 Å². The molecule has 0 saturated heterocycles. The summed E-state index contributed by atoms with van der Waals surface area (Å²) in [5.74, 6) is 0. The summed E-state index contributed by atoms with van der Waals surface area (Å²) >= 11 is 0. The minimum Gasteiger partial charge on any atom is -0.443 e. The van der Waals surface area contributed by atoms with Gasteiger partial charge in [0.25, 0.3) is 0 Å². The number of carbonyl (C=O) groups excluding carboxylic acids is 1. The van der Waals surface area contributed by atoms with E-state index in [4.69, 9.17) is 4.74 Å². The van der Waals surface area contributed by atoms with Gasteiger partial charge in [0.1, 0.15) is 11.0 Å². The number of carbonyl (C=O) groups is 1. The first kappa shape index (κ1) is 19.3. The van der Waals surface area contributed by atoms with Gasteiger partial charge in [0.15, 0.2) is 0 Å². The van der Waals surface area contributed by atoms with Crippen LogP contribution < -0.4 is 10.9 Å². The zero-order valence-corrected chi connectivity index (χ0v) is 14.1. The maximum atomic E-state index is 13.6. The maximum Gasteiger partial charge on any atom is 0.414 e. The van der Waals surface area contributed by atoms with E-state index in [1.54, 1.807) is 20.8 Å². The Hall–Kier alpha value is -1.77. The molecule has 0 bridgehead atoms. The second-order valence-corrected chi connectivity index (χ2v) is 6.42. The van der Waals surface area contributed by atoms with Crippen LogP contribution in [0.2, 0.25) is 0 Å². The summed E-state index contributed by atoms with van der Waals surface area (Å²) in [7, 11) is 2.86. The summed E-state index contributed by atoms with van der Waals surface area (Å²) in [5.41, 5.74) is 1.74. The molecule has 1 unspecified atom stereocenters. The van der Waals surface area contributed by atoms with Gasteiger partial charge in [0.05, 0.1) is 11.4 Å². The van der Waals surface area contributed by atoms with E-state index in [9.17, 15) is 18.0 Å². The molecule has 0 aromatic carbocycles. The number of nitrogens with one attached hydrogen (secondary N) is 2. The van der Waals surface area contributed by atoms with Crippen molar-refractivity contribution < 1.29 is 22.7 Å². The minimum atomic E-state index is -4.56. The van der Waals surface area contributed by atoms with Crippen LogP contribution in [0.25, 0.3) is 0 Å². The first-order valence-electron chi connectivity index (χ1n) is 7.04. The highest BCUT2D eigenvalue weighted by molar-refractivity contribution is 5.87. The van der Waals surface area contributed by atoms with E-state index >= 15 is 0 Å². The van der Waals surface area contributed by atoms with Crippen LogP contribution in [0.4, 0.5) is 18.0 Å². The summed E-state index contributed by atoms with van der Waals surface area (Å²) < 4.78 is 46.0. The normalized spacial score (nSPS) is 22.9. The monoisotopic (exact) mass is 336 g/mol. The molecule has 2 N–H and O–H groups in total. The molecule has 1 heterocycles. The Labute approximate surface area is 133 Å². The molecular weight excluding hydrogens is 313 g/mol. The number of aliphatic imine (C=N–C) groups is 1. The molecule has 0 radical (unpaired) electrons. The fourth-order valence-corrected chi connectivity index (χ4v) is 2.19. The predicted molar refractivity (Wildman–Crippen MR) is 80.7 cm³/mol. The highest BCUT2D eigenvalue weighted by Gasteiger charge is 2.60. The molecule has 0 spiro atoms. The van der Waals surface area contributed by atoms with E-state index in [0.29, 0.717) is 0 Å². The predicted octanol–water partition coefficient (Wildman–Crippen LogP) is 2.44. The first-order valence-corrected chi connectivity index (χ1v) is 7.04. The molecule has 1 amide bonds. The summed E-state index contributed by atoms with van der Waals surface area (Å²) in [6.07, 6.45) is -4.20. The molecular formula is C14H23F3N4O2. The van der Waals surface area contributed by atoms with Crippen molar-refractivity contribution in [2.45, 2.75) is 39.5 Å². The van der Waals surface area contributed by atoms with E-state index in [2.05, 4.69) is 15.8 Å². The highest BCUT2D eigenvalue weighted by atomic mass is 19.4. The van der Waals surface area contributed by atoms with Crippen molar-refractivity contribution in [3.05, 3.63) is 11.4 Å². The number of rotatable bonds is 3. The van der Waals surface area contributed by atoms with Crippen molar-refractivity contribution in [3.63, 3.8) is 0 Å². The molecule has 1 aliphatic heterocycles. The largest absolute Gasteiger partial charge is 0.443 e. The Balaban J connectivity index is 3.37. The van der Waals surface area contributed by atoms with Crippen LogP contribution in [-0.2, 0) is 4.74 Å². The van der Waals surface area contributed by atoms with Crippen molar-refractivity contribution in [1.29, 1.82) is 0 Å². The van der Waals surface area contributed by atoms with Gasteiger partial charge in [-0.3, -0.25) is 9.89 Å². The summed E-state index contributed by atoms with van der Waals surface area (Å²) in [4.78, 5) is 17.0. The lowest BCUT2D eigenvalue weighted by Crippen LogP contribution is -2.46. The number of hydrogen-bond donors (Lipinski definition) is 2. The molecule has 23 heavy (non-hydrogen) atoms. The van der Waals surface area contributed by atoms with Gasteiger partial charge in [-0.25, -0.2) is 10.2 Å². The Morgan fingerprint density at radius 3 is 2.35 bits per heavy atom. The molecule has 0 aliphatic carbocycles. The number of halogens is 3. The quantitative estimate of drug-likeness (QED) is 0.614. The molecule has 0 aromatic heterocycles. The van der Waals surface area contributed by atoms with Crippen molar-refractivity contribution in [2.75, 3.05) is 20.6 Å². The van der Waals surface area contributed by atoms with Crippen LogP contribution in [0.1, 0.15) is 27.7 Å². The third kappa shape index (κ3) is 3.95. The van der Waals surface area contributed by atoms with Crippen LogP contribution in [0.15, 0.2) is 16.4 Å². The zero-order valence-electron chi connectivity index (χ0n) is 14.1. The lowest BCUT2D eigenvalue weighted by atomic mass is 9.87. The lowest BCUT2D eigenvalue weighted by molar-refractivity contribution is -0.204. The van der Waals surface area contributed by atoms with Gasteiger partial charge < -0.3 is 10.2 Å². The molecule has 132 valence electrons. The molecule has 0 aromatic rings. The van der Waals surface area contributed by atoms with Crippen molar-refractivity contribution in [3.8, 4) is 0 Å². The fourth-order valence-electron chi connectivity index (χ4n) is 2.19. The lowest BCUT2D eigenvalue weighted by Gasteiger charge is -2.31. The smallest absolute Gasteiger partial charge is 0.414 e. The van der Waals surface area contributed by atoms with Crippen LogP contribution in [0.3, 0.4) is 0 Å². The third-order valence-corrected chi connectivity index (χ3v) is 3.31. The van der Waals surface area contributed by atoms with Gasteiger partial charge >= 0.3 is 12.3 Å². The average Bonchev–Trinajstić information content (AvgIpc) is 2.64. The number of hydrogen-bond acceptors (Lipinski definition) is 5. The minimum absolute atomic E-state index is 0.0240. The molecule has 9 heteroatoms. The van der Waals surface area contributed by atoms with Crippen LogP contribution >= 0.6 is 0 Å². The molecule has 6 nitrogen and oxygen atoms in total. The Bertz CT molecular complexity index is 523. The van der Waals surface area contributed by atoms with E-state index in [1.165, 1.54) is 20.3 Å². The number of amides is 1. The van der Waals surface area contributed by atoms with Gasteiger partial charge in [-0.15, -0.1) is 0 Å². The molecule has 1 atom stereocenters. The van der Waals surface area contributed by atoms with Crippen molar-refractivity contribution in [1.82, 2.24) is 15.8 Å². The SMILES string of the molecule is CN=CC1=C(NNC)C(C)(C(F)(F)F)CN1C(=O)OC(C)(C)C. The Kier molecular flexibility index (Phi) is 5.35. The number of hydrazine groups is 1. The number of allylic oxidation sites excluding steroid dienone is 1. The highest BCUT2D eigenvalue weighted by Crippen LogP contribution is 2.48. The fraction of sp³-hybridized carbons (Fsp3) is 0.714. The van der Waals surface area contributed by atoms with Crippen LogP contribution in [0, 0.1) is 5.41 Å². The molecule has 1 aliphatic rings. The number of ether oxygens (including phenoxy) is 1. The summed E-state index contributed by atoms with van der Waals surface area (Å²) in [5, 5.41) is 0. The van der Waals surface area contributed by atoms with Gasteiger partial charge in [0.2, 0.25) is 0 Å². The van der Waals surface area contributed by atoms with E-state index in [-0.39, 0.29) is 11.4 Å². The van der Waals surface area contributed by atoms with Crippen molar-refractivity contribution in [2.24, 2.45) is 10.4 Å². The van der Waals surface area contributed by atoms with E-state index in [0.717, 1.165) is 11.8 Å². The molecule has 0 saturated carbocycles. The standard InChI is InChI=1S/C14H23F3N4O2/c1-12(2,3)23-11(22)21-8-13(4,14(15,16)17)10(20-19-6)9(21)7-18-5/h7,19-20H,8H2,1-6H3. The Morgan fingerprint density at radius 2 is 1.96 bits per heavy atom. The third-order valence-electron chi connectivity index (χ3n) is 3.31. The van der Waals surface area contributed by atoms with Gasteiger partial charge in [0, 0.05) is 26.9 Å². The van der Waals surface area contributed by atoms with Crippen LogP contribution in [-0.4, -0.2) is 49.6 Å². The average molecular weight is 336 g/mol. The van der Waals surface area contributed by atoms with Gasteiger partial charge in [-0.2, -0.15) is 13.2 Å². The second kappa shape index (κ2) is 6.38. The van der Waals surface area contributed by atoms with Gasteiger partial charge in [-0.05, 0) is 27.7 Å². The molecule has 0 fully saturated rings. The number of alkyl halides is 3. The van der Waals surface area contributed by atoms with Gasteiger partial charge in [-0.1, -0.05) is 0 Å². The second-order valence-electron chi connectivity index (χ2n) is 6.42. The van der Waals surface area contributed by atoms with Crippen LogP contribution in [0.5, 0.6) is 0 Å². The van der Waals surface area contributed by atoms with E-state index < -0.39 is 29.8 Å². The first-order chi connectivity index (χ1) is 10.4. The topological polar surface area (TPSA) is 66.0 Å². The summed E-state index contributed by atoms with van der Waals surface area (Å²) in [6.45, 7) is 5.38. The summed E-state index contributed by atoms with van der Waals surface area (Å²) in [6, 6.07) is 0. The Morgan fingerprint density at radius 1 is 1.39 bits per heavy atom. The van der Waals surface area contributed by atoms with E-state index in [1.807, 2.05) is 0 Å².